The molecular formula is C18H29N3O3S. The summed E-state index contributed by atoms with van der Waals surface area (Å²) in [6, 6.07) is 9.68. The molecule has 0 radical (unpaired) electrons. The zero-order chi connectivity index (χ0) is 18.4. The first-order chi connectivity index (χ1) is 11.9. The van der Waals surface area contributed by atoms with Crippen molar-refractivity contribution in [1.82, 2.24) is 13.9 Å². The van der Waals surface area contributed by atoms with Crippen LogP contribution in [0, 0.1) is 5.92 Å². The van der Waals surface area contributed by atoms with Crippen LogP contribution in [0.5, 0.6) is 0 Å². The van der Waals surface area contributed by atoms with Crippen molar-refractivity contribution < 1.29 is 13.2 Å². The first-order valence-corrected chi connectivity index (χ1v) is 10.4. The van der Waals surface area contributed by atoms with Crippen LogP contribution >= 0.6 is 0 Å². The van der Waals surface area contributed by atoms with Crippen molar-refractivity contribution in [3.8, 4) is 0 Å². The SMILES string of the molecule is CCN(CC)S(=O)(=O)N1CCCC(C(=O)NC(C)c2ccccc2)C1. The normalized spacial score (nSPS) is 20.4. The topological polar surface area (TPSA) is 69.7 Å². The Hall–Kier alpha value is -1.44. The molecule has 1 aromatic rings. The van der Waals surface area contributed by atoms with Crippen molar-refractivity contribution in [3.63, 3.8) is 0 Å². The minimum absolute atomic E-state index is 0.0733. The van der Waals surface area contributed by atoms with Gasteiger partial charge >= 0.3 is 0 Å². The van der Waals surface area contributed by atoms with E-state index < -0.39 is 10.2 Å². The van der Waals surface area contributed by atoms with Crippen molar-refractivity contribution in [2.75, 3.05) is 26.2 Å². The first kappa shape index (κ1) is 19.9. The van der Waals surface area contributed by atoms with Gasteiger partial charge in [-0.1, -0.05) is 44.2 Å². The summed E-state index contributed by atoms with van der Waals surface area (Å²) in [5.41, 5.74) is 1.04. The van der Waals surface area contributed by atoms with Crippen molar-refractivity contribution in [3.05, 3.63) is 35.9 Å². The molecule has 0 aromatic heterocycles. The summed E-state index contributed by atoms with van der Waals surface area (Å²) in [6.07, 6.45) is 1.43. The van der Waals surface area contributed by atoms with Gasteiger partial charge in [0, 0.05) is 26.2 Å². The number of carbonyl (C=O) groups excluding carboxylic acids is 1. The van der Waals surface area contributed by atoms with Gasteiger partial charge in [-0.3, -0.25) is 4.79 Å². The van der Waals surface area contributed by atoms with Gasteiger partial charge in [-0.05, 0) is 25.3 Å². The quantitative estimate of drug-likeness (QED) is 0.803. The second-order valence-electron chi connectivity index (χ2n) is 6.43. The molecule has 2 unspecified atom stereocenters. The highest BCUT2D eigenvalue weighted by Crippen LogP contribution is 2.22. The monoisotopic (exact) mass is 367 g/mol. The third-order valence-electron chi connectivity index (χ3n) is 4.77. The van der Waals surface area contributed by atoms with E-state index in [-0.39, 0.29) is 24.4 Å². The molecule has 2 atom stereocenters. The fourth-order valence-corrected chi connectivity index (χ4v) is 4.94. The van der Waals surface area contributed by atoms with Crippen LogP contribution in [0.25, 0.3) is 0 Å². The van der Waals surface area contributed by atoms with Crippen LogP contribution < -0.4 is 5.32 Å². The summed E-state index contributed by atoms with van der Waals surface area (Å²) >= 11 is 0. The average molecular weight is 368 g/mol. The standard InChI is InChI=1S/C18H29N3O3S/c1-4-20(5-2)25(23,24)21-13-9-12-17(14-21)18(22)19-15(3)16-10-7-6-8-11-16/h6-8,10-11,15,17H,4-5,9,12-14H2,1-3H3,(H,19,22). The Bertz CT molecular complexity index is 659. The zero-order valence-corrected chi connectivity index (χ0v) is 16.1. The van der Waals surface area contributed by atoms with E-state index in [2.05, 4.69) is 5.32 Å². The maximum atomic E-state index is 12.7. The minimum Gasteiger partial charge on any atom is -0.349 e. The summed E-state index contributed by atoms with van der Waals surface area (Å²) in [5.74, 6) is -0.374. The zero-order valence-electron chi connectivity index (χ0n) is 15.3. The minimum atomic E-state index is -3.48. The number of piperidine rings is 1. The Morgan fingerprint density at radius 2 is 1.92 bits per heavy atom. The van der Waals surface area contributed by atoms with Crippen LogP contribution in [-0.2, 0) is 15.0 Å². The van der Waals surface area contributed by atoms with Crippen LogP contribution in [0.1, 0.15) is 45.2 Å². The van der Waals surface area contributed by atoms with E-state index in [0.717, 1.165) is 12.0 Å². The smallest absolute Gasteiger partial charge is 0.281 e. The first-order valence-electron chi connectivity index (χ1n) is 9.00. The Kier molecular flexibility index (Phi) is 6.98. The molecule has 1 fully saturated rings. The van der Waals surface area contributed by atoms with Crippen molar-refractivity contribution >= 4 is 16.1 Å². The molecule has 7 heteroatoms. The van der Waals surface area contributed by atoms with Crippen LogP contribution in [0.15, 0.2) is 30.3 Å². The summed E-state index contributed by atoms with van der Waals surface area (Å²) in [6.45, 7) is 7.23. The predicted octanol–water partition coefficient (Wildman–Crippen LogP) is 2.16. The highest BCUT2D eigenvalue weighted by molar-refractivity contribution is 7.86. The van der Waals surface area contributed by atoms with E-state index in [1.807, 2.05) is 51.1 Å². The Labute approximate surface area is 151 Å². The molecule has 0 saturated carbocycles. The van der Waals surface area contributed by atoms with Crippen molar-refractivity contribution in [2.45, 2.75) is 39.7 Å². The maximum Gasteiger partial charge on any atom is 0.281 e. The molecule has 1 amide bonds. The van der Waals surface area contributed by atoms with Gasteiger partial charge in [0.2, 0.25) is 5.91 Å². The molecule has 1 heterocycles. The Morgan fingerprint density at radius 1 is 1.28 bits per heavy atom. The summed E-state index contributed by atoms with van der Waals surface area (Å²) < 4.78 is 28.3. The van der Waals surface area contributed by atoms with E-state index in [0.29, 0.717) is 26.1 Å². The van der Waals surface area contributed by atoms with Gasteiger partial charge in [0.25, 0.3) is 10.2 Å². The highest BCUT2D eigenvalue weighted by atomic mass is 32.2. The van der Waals surface area contributed by atoms with Gasteiger partial charge in [0.15, 0.2) is 0 Å². The number of carbonyl (C=O) groups is 1. The largest absolute Gasteiger partial charge is 0.349 e. The fraction of sp³-hybridized carbons (Fsp3) is 0.611. The van der Waals surface area contributed by atoms with Gasteiger partial charge in [-0.25, -0.2) is 0 Å². The van der Waals surface area contributed by atoms with Crippen molar-refractivity contribution in [2.24, 2.45) is 5.92 Å². The lowest BCUT2D eigenvalue weighted by Gasteiger charge is -2.34. The van der Waals surface area contributed by atoms with Crippen LogP contribution in [0.3, 0.4) is 0 Å². The number of hydrogen-bond acceptors (Lipinski definition) is 3. The van der Waals surface area contributed by atoms with Crippen LogP contribution in [0.2, 0.25) is 0 Å². The molecule has 1 N–H and O–H groups in total. The number of amides is 1. The number of nitrogens with zero attached hydrogens (tertiary/aromatic N) is 2. The van der Waals surface area contributed by atoms with E-state index in [1.165, 1.54) is 8.61 Å². The fourth-order valence-electron chi connectivity index (χ4n) is 3.24. The lowest BCUT2D eigenvalue weighted by Crippen LogP contribution is -2.50. The van der Waals surface area contributed by atoms with E-state index in [1.54, 1.807) is 0 Å². The molecule has 25 heavy (non-hydrogen) atoms. The van der Waals surface area contributed by atoms with Crippen LogP contribution in [0.4, 0.5) is 0 Å². The molecule has 6 nitrogen and oxygen atoms in total. The summed E-state index contributed by atoms with van der Waals surface area (Å²) in [4.78, 5) is 12.6. The van der Waals surface area contributed by atoms with Gasteiger partial charge < -0.3 is 5.32 Å². The molecule has 0 aliphatic carbocycles. The molecule has 0 bridgehead atoms. The maximum absolute atomic E-state index is 12.7. The third-order valence-corrected chi connectivity index (χ3v) is 6.92. The van der Waals surface area contributed by atoms with Gasteiger partial charge in [0.05, 0.1) is 12.0 Å². The Balaban J connectivity index is 2.02. The second-order valence-corrected chi connectivity index (χ2v) is 8.36. The van der Waals surface area contributed by atoms with E-state index in [9.17, 15) is 13.2 Å². The predicted molar refractivity (Wildman–Crippen MR) is 99.1 cm³/mol. The highest BCUT2D eigenvalue weighted by Gasteiger charge is 2.35. The second kappa shape index (κ2) is 8.78. The van der Waals surface area contributed by atoms with Gasteiger partial charge in [0.1, 0.15) is 0 Å². The summed E-state index contributed by atoms with van der Waals surface area (Å²) in [5, 5.41) is 3.02. The molecule has 1 aromatic carbocycles. The molecule has 2 rings (SSSR count). The van der Waals surface area contributed by atoms with Crippen molar-refractivity contribution in [1.29, 1.82) is 0 Å². The molecule has 1 aliphatic rings. The molecule has 0 spiro atoms. The molecule has 1 saturated heterocycles. The average Bonchev–Trinajstić information content (AvgIpc) is 2.63. The number of benzene rings is 1. The molecule has 140 valence electrons. The lowest BCUT2D eigenvalue weighted by molar-refractivity contribution is -0.126. The van der Waals surface area contributed by atoms with Crippen LogP contribution in [-0.4, -0.2) is 49.1 Å². The van der Waals surface area contributed by atoms with E-state index in [4.69, 9.17) is 0 Å². The number of nitrogens with one attached hydrogen (secondary N) is 1. The summed E-state index contributed by atoms with van der Waals surface area (Å²) in [7, 11) is -3.48. The Morgan fingerprint density at radius 3 is 2.52 bits per heavy atom. The number of rotatable bonds is 7. The number of hydrogen-bond donors (Lipinski definition) is 1. The molecule has 1 aliphatic heterocycles. The molecular weight excluding hydrogens is 338 g/mol. The van der Waals surface area contributed by atoms with Gasteiger partial charge in [-0.15, -0.1) is 0 Å². The third kappa shape index (κ3) is 4.80. The van der Waals surface area contributed by atoms with Gasteiger partial charge in [-0.2, -0.15) is 17.0 Å². The van der Waals surface area contributed by atoms with E-state index >= 15 is 0 Å². The lowest BCUT2D eigenvalue weighted by atomic mass is 9.98.